The highest BCUT2D eigenvalue weighted by Crippen LogP contribution is 2.27. The Morgan fingerprint density at radius 3 is 2.71 bits per heavy atom. The number of aryl methyl sites for hydroxylation is 2. The summed E-state index contributed by atoms with van der Waals surface area (Å²) in [5.74, 6) is 0.0759. The van der Waals surface area contributed by atoms with Crippen LogP contribution in [0.1, 0.15) is 60.0 Å². The van der Waals surface area contributed by atoms with Gasteiger partial charge in [0.05, 0.1) is 23.9 Å². The SMILES string of the molecule is Cc1cc(C(=O)Cc2ccn(C3CCCCC3)n2)n(C)n1. The van der Waals surface area contributed by atoms with Crippen molar-refractivity contribution in [3.8, 4) is 0 Å². The van der Waals surface area contributed by atoms with E-state index in [1.807, 2.05) is 25.3 Å². The first kappa shape index (κ1) is 14.0. The number of hydrogen-bond donors (Lipinski definition) is 0. The second-order valence-corrected chi connectivity index (χ2v) is 5.97. The van der Waals surface area contributed by atoms with Gasteiger partial charge < -0.3 is 0 Å². The molecular formula is C16H22N4O. The van der Waals surface area contributed by atoms with Crippen molar-refractivity contribution in [3.05, 3.63) is 35.4 Å². The second-order valence-electron chi connectivity index (χ2n) is 5.97. The van der Waals surface area contributed by atoms with E-state index in [0.29, 0.717) is 18.2 Å². The molecule has 5 nitrogen and oxygen atoms in total. The zero-order chi connectivity index (χ0) is 14.8. The first-order valence-electron chi connectivity index (χ1n) is 7.71. The molecule has 0 spiro atoms. The molecule has 2 heterocycles. The summed E-state index contributed by atoms with van der Waals surface area (Å²) in [6.45, 7) is 1.90. The largest absolute Gasteiger partial charge is 0.292 e. The lowest BCUT2D eigenvalue weighted by Gasteiger charge is -2.21. The molecule has 112 valence electrons. The average molecular weight is 286 g/mol. The van der Waals surface area contributed by atoms with E-state index in [4.69, 9.17) is 0 Å². The van der Waals surface area contributed by atoms with E-state index < -0.39 is 0 Å². The van der Waals surface area contributed by atoms with Crippen LogP contribution in [0.5, 0.6) is 0 Å². The van der Waals surface area contributed by atoms with Crippen molar-refractivity contribution in [2.24, 2.45) is 7.05 Å². The van der Waals surface area contributed by atoms with E-state index in [1.54, 1.807) is 11.7 Å². The second kappa shape index (κ2) is 5.84. The molecule has 0 aromatic carbocycles. The summed E-state index contributed by atoms with van der Waals surface area (Å²) >= 11 is 0. The van der Waals surface area contributed by atoms with Gasteiger partial charge >= 0.3 is 0 Å². The van der Waals surface area contributed by atoms with Crippen LogP contribution in [0.3, 0.4) is 0 Å². The number of nitrogens with zero attached hydrogens (tertiary/aromatic N) is 4. The van der Waals surface area contributed by atoms with E-state index >= 15 is 0 Å². The zero-order valence-electron chi connectivity index (χ0n) is 12.7. The van der Waals surface area contributed by atoms with Crippen LogP contribution in [0, 0.1) is 6.92 Å². The molecule has 1 fully saturated rings. The van der Waals surface area contributed by atoms with E-state index in [2.05, 4.69) is 14.9 Å². The maximum absolute atomic E-state index is 12.3. The number of hydrogen-bond acceptors (Lipinski definition) is 3. The molecule has 0 amide bonds. The topological polar surface area (TPSA) is 52.7 Å². The summed E-state index contributed by atoms with van der Waals surface area (Å²) in [6.07, 6.45) is 8.68. The van der Waals surface area contributed by atoms with Crippen molar-refractivity contribution in [2.75, 3.05) is 0 Å². The first-order valence-corrected chi connectivity index (χ1v) is 7.71. The van der Waals surface area contributed by atoms with Crippen molar-refractivity contribution in [2.45, 2.75) is 51.5 Å². The van der Waals surface area contributed by atoms with Gasteiger partial charge in [-0.05, 0) is 31.9 Å². The van der Waals surface area contributed by atoms with Crippen LogP contribution in [0.2, 0.25) is 0 Å². The van der Waals surface area contributed by atoms with Crippen LogP contribution in [0.4, 0.5) is 0 Å². The lowest BCUT2D eigenvalue weighted by Crippen LogP contribution is -2.14. The third kappa shape index (κ3) is 3.06. The Balaban J connectivity index is 1.69. The van der Waals surface area contributed by atoms with E-state index in [1.165, 1.54) is 32.1 Å². The number of Topliss-reactive ketones (excluding diaryl/α,β-unsaturated/α-hetero) is 1. The Bertz CT molecular complexity index is 634. The summed E-state index contributed by atoms with van der Waals surface area (Å²) in [4.78, 5) is 12.3. The van der Waals surface area contributed by atoms with Crippen LogP contribution in [0.15, 0.2) is 18.3 Å². The minimum Gasteiger partial charge on any atom is -0.292 e. The molecule has 3 rings (SSSR count). The lowest BCUT2D eigenvalue weighted by atomic mass is 9.96. The van der Waals surface area contributed by atoms with Gasteiger partial charge in [0, 0.05) is 13.2 Å². The van der Waals surface area contributed by atoms with Crippen molar-refractivity contribution in [3.63, 3.8) is 0 Å². The molecule has 0 N–H and O–H groups in total. The number of carbonyl (C=O) groups excluding carboxylic acids is 1. The zero-order valence-corrected chi connectivity index (χ0v) is 12.7. The standard InChI is InChI=1S/C16H22N4O/c1-12-10-15(19(2)17-12)16(21)11-13-8-9-20(18-13)14-6-4-3-5-7-14/h8-10,14H,3-7,11H2,1-2H3. The Morgan fingerprint density at radius 2 is 2.05 bits per heavy atom. The van der Waals surface area contributed by atoms with E-state index in [-0.39, 0.29) is 5.78 Å². The van der Waals surface area contributed by atoms with Gasteiger partial charge in [-0.2, -0.15) is 10.2 Å². The lowest BCUT2D eigenvalue weighted by molar-refractivity contribution is 0.0982. The summed E-state index contributed by atoms with van der Waals surface area (Å²) in [5.41, 5.74) is 2.37. The first-order chi connectivity index (χ1) is 10.1. The summed E-state index contributed by atoms with van der Waals surface area (Å²) < 4.78 is 3.70. The van der Waals surface area contributed by atoms with Gasteiger partial charge in [0.15, 0.2) is 5.78 Å². The van der Waals surface area contributed by atoms with E-state index in [9.17, 15) is 4.79 Å². The normalized spacial score (nSPS) is 16.3. The summed E-state index contributed by atoms with van der Waals surface area (Å²) in [7, 11) is 1.81. The molecule has 0 aliphatic heterocycles. The van der Waals surface area contributed by atoms with Gasteiger partial charge in [-0.25, -0.2) is 0 Å². The molecule has 2 aromatic rings. The molecule has 1 aliphatic carbocycles. The summed E-state index contributed by atoms with van der Waals surface area (Å²) in [6, 6.07) is 4.32. The van der Waals surface area contributed by atoms with Crippen LogP contribution >= 0.6 is 0 Å². The van der Waals surface area contributed by atoms with E-state index in [0.717, 1.165) is 11.4 Å². The molecule has 2 aromatic heterocycles. The van der Waals surface area contributed by atoms with Crippen LogP contribution in [-0.2, 0) is 13.5 Å². The van der Waals surface area contributed by atoms with Crippen molar-refractivity contribution >= 4 is 5.78 Å². The van der Waals surface area contributed by atoms with Gasteiger partial charge in [-0.1, -0.05) is 19.3 Å². The number of ketones is 1. The highest BCUT2D eigenvalue weighted by atomic mass is 16.1. The Kier molecular flexibility index (Phi) is 3.90. The molecule has 1 aliphatic rings. The van der Waals surface area contributed by atoms with Crippen molar-refractivity contribution < 1.29 is 4.79 Å². The van der Waals surface area contributed by atoms with Gasteiger partial charge in [0.1, 0.15) is 5.69 Å². The predicted octanol–water partition coefficient (Wildman–Crippen LogP) is 2.86. The van der Waals surface area contributed by atoms with Crippen molar-refractivity contribution in [1.29, 1.82) is 0 Å². The molecule has 0 unspecified atom stereocenters. The van der Waals surface area contributed by atoms with Crippen molar-refractivity contribution in [1.82, 2.24) is 19.6 Å². The monoisotopic (exact) mass is 286 g/mol. The quantitative estimate of drug-likeness (QED) is 0.812. The number of carbonyl (C=O) groups is 1. The minimum absolute atomic E-state index is 0.0759. The summed E-state index contributed by atoms with van der Waals surface area (Å²) in [5, 5.41) is 8.82. The molecule has 0 radical (unpaired) electrons. The highest BCUT2D eigenvalue weighted by Gasteiger charge is 2.18. The third-order valence-corrected chi connectivity index (χ3v) is 4.24. The fraction of sp³-hybridized carbons (Fsp3) is 0.562. The van der Waals surface area contributed by atoms with Crippen LogP contribution < -0.4 is 0 Å². The number of rotatable bonds is 4. The highest BCUT2D eigenvalue weighted by molar-refractivity contribution is 5.95. The fourth-order valence-corrected chi connectivity index (χ4v) is 3.15. The minimum atomic E-state index is 0.0759. The van der Waals surface area contributed by atoms with Crippen LogP contribution in [-0.4, -0.2) is 25.3 Å². The molecular weight excluding hydrogens is 264 g/mol. The molecule has 5 heteroatoms. The van der Waals surface area contributed by atoms with Gasteiger partial charge in [0.2, 0.25) is 0 Å². The van der Waals surface area contributed by atoms with Gasteiger partial charge in [-0.15, -0.1) is 0 Å². The molecule has 1 saturated carbocycles. The maximum atomic E-state index is 12.3. The molecule has 21 heavy (non-hydrogen) atoms. The maximum Gasteiger partial charge on any atom is 0.186 e. The molecule has 0 bridgehead atoms. The third-order valence-electron chi connectivity index (χ3n) is 4.24. The Hall–Kier alpha value is -1.91. The Morgan fingerprint density at radius 1 is 1.29 bits per heavy atom. The Labute approximate surface area is 125 Å². The number of aromatic nitrogens is 4. The van der Waals surface area contributed by atoms with Gasteiger partial charge in [0.25, 0.3) is 0 Å². The average Bonchev–Trinajstić information content (AvgIpc) is 3.06. The fourth-order valence-electron chi connectivity index (χ4n) is 3.15. The molecule has 0 saturated heterocycles. The smallest absolute Gasteiger partial charge is 0.186 e. The molecule has 0 atom stereocenters. The van der Waals surface area contributed by atoms with Crippen LogP contribution in [0.25, 0.3) is 0 Å². The van der Waals surface area contributed by atoms with Gasteiger partial charge in [-0.3, -0.25) is 14.2 Å². The predicted molar refractivity (Wildman–Crippen MR) is 80.3 cm³/mol.